The van der Waals surface area contributed by atoms with Gasteiger partial charge >= 0.3 is 0 Å². The standard InChI is InChI=1S/C15H23NO/c1-3-13(11-16-2)17-15-10-6-8-12-7-4-5-9-14(12)15/h4-5,7,9,13,15-16H,3,6,8,10-11H2,1-2H3. The van der Waals surface area contributed by atoms with Crippen molar-refractivity contribution in [2.75, 3.05) is 13.6 Å². The summed E-state index contributed by atoms with van der Waals surface area (Å²) < 4.78 is 6.24. The summed E-state index contributed by atoms with van der Waals surface area (Å²) in [5.41, 5.74) is 2.89. The highest BCUT2D eigenvalue weighted by Crippen LogP contribution is 2.33. The molecule has 0 fully saturated rings. The van der Waals surface area contributed by atoms with E-state index in [1.807, 2.05) is 7.05 Å². The molecule has 2 unspecified atom stereocenters. The first-order chi connectivity index (χ1) is 8.35. The lowest BCUT2D eigenvalue weighted by Gasteiger charge is -2.29. The first-order valence-corrected chi connectivity index (χ1v) is 6.73. The number of hydrogen-bond donors (Lipinski definition) is 1. The molecule has 0 heterocycles. The number of fused-ring (bicyclic) bond motifs is 1. The molecule has 1 aromatic carbocycles. The van der Waals surface area contributed by atoms with Crippen molar-refractivity contribution in [2.24, 2.45) is 0 Å². The summed E-state index contributed by atoms with van der Waals surface area (Å²) >= 11 is 0. The van der Waals surface area contributed by atoms with E-state index in [-0.39, 0.29) is 0 Å². The molecule has 0 spiro atoms. The summed E-state index contributed by atoms with van der Waals surface area (Å²) in [6.45, 7) is 3.13. The van der Waals surface area contributed by atoms with Crippen LogP contribution in [0.1, 0.15) is 43.4 Å². The van der Waals surface area contributed by atoms with E-state index < -0.39 is 0 Å². The summed E-state index contributed by atoms with van der Waals surface area (Å²) in [6.07, 6.45) is 5.32. The van der Waals surface area contributed by atoms with Crippen LogP contribution in [0.5, 0.6) is 0 Å². The van der Waals surface area contributed by atoms with Crippen LogP contribution in [-0.2, 0) is 11.2 Å². The summed E-state index contributed by atoms with van der Waals surface area (Å²) in [4.78, 5) is 0. The van der Waals surface area contributed by atoms with Gasteiger partial charge in [0, 0.05) is 6.54 Å². The molecule has 0 amide bonds. The van der Waals surface area contributed by atoms with Gasteiger partial charge in [-0.1, -0.05) is 31.2 Å². The highest BCUT2D eigenvalue weighted by atomic mass is 16.5. The van der Waals surface area contributed by atoms with Crippen molar-refractivity contribution in [1.29, 1.82) is 0 Å². The van der Waals surface area contributed by atoms with E-state index in [4.69, 9.17) is 4.74 Å². The van der Waals surface area contributed by atoms with Gasteiger partial charge in [0.25, 0.3) is 0 Å². The van der Waals surface area contributed by atoms with Crippen LogP contribution in [0.15, 0.2) is 24.3 Å². The molecule has 1 aliphatic carbocycles. The number of hydrogen-bond acceptors (Lipinski definition) is 2. The molecule has 0 aliphatic heterocycles. The van der Waals surface area contributed by atoms with Gasteiger partial charge in [0.05, 0.1) is 12.2 Å². The van der Waals surface area contributed by atoms with Crippen molar-refractivity contribution in [3.05, 3.63) is 35.4 Å². The second-order valence-corrected chi connectivity index (χ2v) is 4.80. The van der Waals surface area contributed by atoms with Gasteiger partial charge in [-0.2, -0.15) is 0 Å². The van der Waals surface area contributed by atoms with E-state index in [0.29, 0.717) is 12.2 Å². The molecule has 94 valence electrons. The molecule has 2 atom stereocenters. The maximum absolute atomic E-state index is 6.24. The van der Waals surface area contributed by atoms with E-state index in [1.54, 1.807) is 0 Å². The molecule has 0 aromatic heterocycles. The van der Waals surface area contributed by atoms with Crippen molar-refractivity contribution in [2.45, 2.75) is 44.8 Å². The lowest BCUT2D eigenvalue weighted by molar-refractivity contribution is -0.0221. The molecule has 1 N–H and O–H groups in total. The second-order valence-electron chi connectivity index (χ2n) is 4.80. The van der Waals surface area contributed by atoms with Crippen LogP contribution in [0.3, 0.4) is 0 Å². The first-order valence-electron chi connectivity index (χ1n) is 6.73. The average Bonchev–Trinajstić information content (AvgIpc) is 2.38. The van der Waals surface area contributed by atoms with Crippen LogP contribution in [-0.4, -0.2) is 19.7 Å². The van der Waals surface area contributed by atoms with Gasteiger partial charge < -0.3 is 10.1 Å². The number of aryl methyl sites for hydroxylation is 1. The molecule has 2 nitrogen and oxygen atoms in total. The average molecular weight is 233 g/mol. The highest BCUT2D eigenvalue weighted by molar-refractivity contribution is 5.31. The lowest BCUT2D eigenvalue weighted by atomic mass is 9.89. The van der Waals surface area contributed by atoms with Gasteiger partial charge in [0.1, 0.15) is 0 Å². The third kappa shape index (κ3) is 3.08. The van der Waals surface area contributed by atoms with Gasteiger partial charge in [0.15, 0.2) is 0 Å². The second kappa shape index (κ2) is 6.18. The van der Waals surface area contributed by atoms with Crippen LogP contribution >= 0.6 is 0 Å². The zero-order chi connectivity index (χ0) is 12.1. The van der Waals surface area contributed by atoms with Gasteiger partial charge in [-0.25, -0.2) is 0 Å². The number of benzene rings is 1. The van der Waals surface area contributed by atoms with Gasteiger partial charge in [-0.15, -0.1) is 0 Å². The Morgan fingerprint density at radius 3 is 3.00 bits per heavy atom. The highest BCUT2D eigenvalue weighted by Gasteiger charge is 2.22. The van der Waals surface area contributed by atoms with Crippen molar-refractivity contribution < 1.29 is 4.74 Å². The number of rotatable bonds is 5. The molecular weight excluding hydrogens is 210 g/mol. The maximum Gasteiger partial charge on any atom is 0.0832 e. The summed E-state index contributed by atoms with van der Waals surface area (Å²) in [5, 5.41) is 3.21. The minimum Gasteiger partial charge on any atom is -0.369 e. The molecule has 0 bridgehead atoms. The summed E-state index contributed by atoms with van der Waals surface area (Å²) in [5.74, 6) is 0. The Kier molecular flexibility index (Phi) is 4.57. The van der Waals surface area contributed by atoms with E-state index in [2.05, 4.69) is 36.5 Å². The SMILES string of the molecule is CCC(CNC)OC1CCCc2ccccc21. The smallest absolute Gasteiger partial charge is 0.0832 e. The topological polar surface area (TPSA) is 21.3 Å². The van der Waals surface area contributed by atoms with Crippen LogP contribution in [0.2, 0.25) is 0 Å². The van der Waals surface area contributed by atoms with Crippen LogP contribution in [0, 0.1) is 0 Å². The van der Waals surface area contributed by atoms with Crippen molar-refractivity contribution in [3.63, 3.8) is 0 Å². The fourth-order valence-electron chi connectivity index (χ4n) is 2.60. The predicted molar refractivity (Wildman–Crippen MR) is 71.2 cm³/mol. The molecule has 1 aromatic rings. The van der Waals surface area contributed by atoms with E-state index in [9.17, 15) is 0 Å². The third-order valence-corrected chi connectivity index (χ3v) is 3.56. The van der Waals surface area contributed by atoms with E-state index in [0.717, 1.165) is 19.4 Å². The van der Waals surface area contributed by atoms with Crippen LogP contribution in [0.25, 0.3) is 0 Å². The molecule has 0 saturated carbocycles. The lowest BCUT2D eigenvalue weighted by Crippen LogP contribution is -2.28. The molecular formula is C15H23NO. The minimum absolute atomic E-state index is 0.304. The normalized spacial score (nSPS) is 20.9. The fraction of sp³-hybridized carbons (Fsp3) is 0.600. The summed E-state index contributed by atoms with van der Waals surface area (Å²) in [6, 6.07) is 8.72. The Morgan fingerprint density at radius 2 is 2.24 bits per heavy atom. The first kappa shape index (κ1) is 12.6. The molecule has 0 radical (unpaired) electrons. The minimum atomic E-state index is 0.304. The quantitative estimate of drug-likeness (QED) is 0.844. The molecule has 17 heavy (non-hydrogen) atoms. The van der Waals surface area contributed by atoms with Crippen LogP contribution < -0.4 is 5.32 Å². The largest absolute Gasteiger partial charge is 0.369 e. The Hall–Kier alpha value is -0.860. The molecule has 0 saturated heterocycles. The zero-order valence-electron chi connectivity index (χ0n) is 10.9. The maximum atomic E-state index is 6.24. The Labute approximate surface area is 104 Å². The van der Waals surface area contributed by atoms with Gasteiger partial charge in [0.2, 0.25) is 0 Å². The van der Waals surface area contributed by atoms with Crippen LogP contribution in [0.4, 0.5) is 0 Å². The number of nitrogens with one attached hydrogen (secondary N) is 1. The third-order valence-electron chi connectivity index (χ3n) is 3.56. The number of likely N-dealkylation sites (N-methyl/N-ethyl adjacent to an activating group) is 1. The van der Waals surface area contributed by atoms with Crippen molar-refractivity contribution in [1.82, 2.24) is 5.32 Å². The van der Waals surface area contributed by atoms with E-state index in [1.165, 1.54) is 24.0 Å². The molecule has 2 rings (SSSR count). The Bertz CT molecular complexity index is 351. The van der Waals surface area contributed by atoms with Gasteiger partial charge in [-0.05, 0) is 43.9 Å². The number of ether oxygens (including phenoxy) is 1. The monoisotopic (exact) mass is 233 g/mol. The molecule has 2 heteroatoms. The Morgan fingerprint density at radius 1 is 1.41 bits per heavy atom. The Balaban J connectivity index is 2.07. The fourth-order valence-corrected chi connectivity index (χ4v) is 2.60. The van der Waals surface area contributed by atoms with Gasteiger partial charge in [-0.3, -0.25) is 0 Å². The van der Waals surface area contributed by atoms with Crippen molar-refractivity contribution in [3.8, 4) is 0 Å². The zero-order valence-corrected chi connectivity index (χ0v) is 10.9. The predicted octanol–water partition coefficient (Wildman–Crippen LogP) is 3.08. The summed E-state index contributed by atoms with van der Waals surface area (Å²) in [7, 11) is 1.99. The van der Waals surface area contributed by atoms with E-state index >= 15 is 0 Å². The molecule has 1 aliphatic rings. The van der Waals surface area contributed by atoms with Crippen molar-refractivity contribution >= 4 is 0 Å².